The maximum Gasteiger partial charge on any atom is 0.339 e. The Bertz CT molecular complexity index is 916. The number of hydrogen-bond donors (Lipinski definition) is 0. The van der Waals surface area contributed by atoms with E-state index in [1.54, 1.807) is 37.4 Å². The number of anilines is 1. The van der Waals surface area contributed by atoms with Crippen LogP contribution in [0.5, 0.6) is 0 Å². The SMILES string of the molecule is COC(=O)c1ccccc1N(C)C(=O)c1cccn1Cc1ccccc1. The van der Waals surface area contributed by atoms with Gasteiger partial charge in [0.1, 0.15) is 5.69 Å². The summed E-state index contributed by atoms with van der Waals surface area (Å²) in [6.45, 7) is 0.599. The van der Waals surface area contributed by atoms with Gasteiger partial charge in [-0.25, -0.2) is 4.79 Å². The first-order valence-electron chi connectivity index (χ1n) is 8.26. The quantitative estimate of drug-likeness (QED) is 0.662. The van der Waals surface area contributed by atoms with E-state index in [2.05, 4.69) is 0 Å². The van der Waals surface area contributed by atoms with Gasteiger partial charge in [0.05, 0.1) is 18.4 Å². The van der Waals surface area contributed by atoms with Gasteiger partial charge in [0.25, 0.3) is 5.91 Å². The number of carbonyl (C=O) groups is 2. The van der Waals surface area contributed by atoms with Crippen LogP contribution in [0.2, 0.25) is 0 Å². The highest BCUT2D eigenvalue weighted by atomic mass is 16.5. The third-order valence-corrected chi connectivity index (χ3v) is 4.22. The molecule has 0 radical (unpaired) electrons. The van der Waals surface area contributed by atoms with Gasteiger partial charge in [-0.05, 0) is 29.8 Å². The molecule has 1 aromatic heterocycles. The Morgan fingerprint density at radius 1 is 0.962 bits per heavy atom. The molecular weight excluding hydrogens is 328 g/mol. The Hall–Kier alpha value is -3.34. The summed E-state index contributed by atoms with van der Waals surface area (Å²) in [5.74, 6) is -0.665. The molecule has 2 aromatic carbocycles. The highest BCUT2D eigenvalue weighted by molar-refractivity contribution is 6.08. The number of hydrogen-bond acceptors (Lipinski definition) is 3. The van der Waals surface area contributed by atoms with Crippen LogP contribution >= 0.6 is 0 Å². The molecule has 132 valence electrons. The van der Waals surface area contributed by atoms with Crippen LogP contribution in [0, 0.1) is 0 Å². The monoisotopic (exact) mass is 348 g/mol. The van der Waals surface area contributed by atoms with Crippen molar-refractivity contribution in [2.45, 2.75) is 6.54 Å². The Labute approximate surface area is 152 Å². The van der Waals surface area contributed by atoms with Crippen molar-refractivity contribution >= 4 is 17.6 Å². The van der Waals surface area contributed by atoms with E-state index in [0.29, 0.717) is 23.5 Å². The van der Waals surface area contributed by atoms with Gasteiger partial charge in [-0.2, -0.15) is 0 Å². The van der Waals surface area contributed by atoms with Crippen LogP contribution in [0.4, 0.5) is 5.69 Å². The third-order valence-electron chi connectivity index (χ3n) is 4.22. The Kier molecular flexibility index (Phi) is 5.17. The molecule has 0 aliphatic heterocycles. The molecule has 0 saturated carbocycles. The molecule has 0 bridgehead atoms. The van der Waals surface area contributed by atoms with E-state index >= 15 is 0 Å². The van der Waals surface area contributed by atoms with E-state index < -0.39 is 5.97 Å². The van der Waals surface area contributed by atoms with Gasteiger partial charge in [-0.1, -0.05) is 42.5 Å². The molecule has 5 heteroatoms. The molecule has 0 fully saturated rings. The molecule has 0 aliphatic rings. The second kappa shape index (κ2) is 7.70. The van der Waals surface area contributed by atoms with Crippen molar-refractivity contribution in [2.24, 2.45) is 0 Å². The minimum atomic E-state index is -0.472. The fourth-order valence-electron chi connectivity index (χ4n) is 2.86. The van der Waals surface area contributed by atoms with Crippen molar-refractivity contribution in [1.29, 1.82) is 0 Å². The van der Waals surface area contributed by atoms with Gasteiger partial charge >= 0.3 is 5.97 Å². The molecular formula is C21H20N2O3. The van der Waals surface area contributed by atoms with Gasteiger partial charge in [0, 0.05) is 19.8 Å². The van der Waals surface area contributed by atoms with E-state index in [-0.39, 0.29) is 5.91 Å². The molecule has 3 aromatic rings. The second-order valence-electron chi connectivity index (χ2n) is 5.88. The first-order chi connectivity index (χ1) is 12.6. The summed E-state index contributed by atoms with van der Waals surface area (Å²) in [5.41, 5.74) is 2.52. The third kappa shape index (κ3) is 3.52. The van der Waals surface area contributed by atoms with Crippen LogP contribution in [-0.4, -0.2) is 30.6 Å². The molecule has 26 heavy (non-hydrogen) atoms. The average molecular weight is 348 g/mol. The number of ether oxygens (including phenoxy) is 1. The molecule has 0 spiro atoms. The fourth-order valence-corrected chi connectivity index (χ4v) is 2.86. The van der Waals surface area contributed by atoms with Crippen LogP contribution in [-0.2, 0) is 11.3 Å². The molecule has 5 nitrogen and oxygen atoms in total. The molecule has 0 atom stereocenters. The zero-order valence-electron chi connectivity index (χ0n) is 14.8. The van der Waals surface area contributed by atoms with Crippen LogP contribution in [0.1, 0.15) is 26.4 Å². The number of benzene rings is 2. The van der Waals surface area contributed by atoms with E-state index in [1.165, 1.54) is 12.0 Å². The first kappa shape index (κ1) is 17.5. The summed E-state index contributed by atoms with van der Waals surface area (Å²) < 4.78 is 6.72. The average Bonchev–Trinajstić information content (AvgIpc) is 3.15. The predicted octanol–water partition coefficient (Wildman–Crippen LogP) is 3.60. The Morgan fingerprint density at radius 2 is 1.65 bits per heavy atom. The molecule has 1 heterocycles. The van der Waals surface area contributed by atoms with Gasteiger partial charge in [-0.3, -0.25) is 4.79 Å². The summed E-state index contributed by atoms with van der Waals surface area (Å²) >= 11 is 0. The summed E-state index contributed by atoms with van der Waals surface area (Å²) in [4.78, 5) is 26.5. The topological polar surface area (TPSA) is 51.5 Å². The summed E-state index contributed by atoms with van der Waals surface area (Å²) in [5, 5.41) is 0. The van der Waals surface area contributed by atoms with Crippen LogP contribution in [0.15, 0.2) is 72.9 Å². The summed E-state index contributed by atoms with van der Waals surface area (Å²) in [6, 6.07) is 20.5. The van der Waals surface area contributed by atoms with Crippen LogP contribution in [0.25, 0.3) is 0 Å². The van der Waals surface area contributed by atoms with Gasteiger partial charge < -0.3 is 14.2 Å². The van der Waals surface area contributed by atoms with E-state index in [1.807, 2.05) is 47.2 Å². The van der Waals surface area contributed by atoms with Gasteiger partial charge in [-0.15, -0.1) is 0 Å². The van der Waals surface area contributed by atoms with Gasteiger partial charge in [0.2, 0.25) is 0 Å². The highest BCUT2D eigenvalue weighted by Crippen LogP contribution is 2.22. The summed E-state index contributed by atoms with van der Waals surface area (Å²) in [6.07, 6.45) is 1.88. The van der Waals surface area contributed by atoms with Gasteiger partial charge in [0.15, 0.2) is 0 Å². The normalized spacial score (nSPS) is 10.4. The Balaban J connectivity index is 1.89. The smallest absolute Gasteiger partial charge is 0.339 e. The number of nitrogens with zero attached hydrogens (tertiary/aromatic N) is 2. The number of para-hydroxylation sites is 1. The lowest BCUT2D eigenvalue weighted by atomic mass is 10.1. The minimum absolute atomic E-state index is 0.192. The zero-order valence-corrected chi connectivity index (χ0v) is 14.8. The number of carbonyl (C=O) groups excluding carboxylic acids is 2. The van der Waals surface area contributed by atoms with E-state index in [4.69, 9.17) is 4.74 Å². The molecule has 0 N–H and O–H groups in total. The van der Waals surface area contributed by atoms with Crippen molar-refractivity contribution in [2.75, 3.05) is 19.1 Å². The fraction of sp³-hybridized carbons (Fsp3) is 0.143. The van der Waals surface area contributed by atoms with E-state index in [0.717, 1.165) is 5.56 Å². The largest absolute Gasteiger partial charge is 0.465 e. The van der Waals surface area contributed by atoms with Crippen molar-refractivity contribution in [3.8, 4) is 0 Å². The predicted molar refractivity (Wildman–Crippen MR) is 100 cm³/mol. The molecule has 0 saturated heterocycles. The molecule has 0 aliphatic carbocycles. The number of methoxy groups -OCH3 is 1. The number of esters is 1. The van der Waals surface area contributed by atoms with Crippen molar-refractivity contribution < 1.29 is 14.3 Å². The van der Waals surface area contributed by atoms with Crippen molar-refractivity contribution in [3.63, 3.8) is 0 Å². The summed E-state index contributed by atoms with van der Waals surface area (Å²) in [7, 11) is 2.98. The first-order valence-corrected chi connectivity index (χ1v) is 8.26. The lowest BCUT2D eigenvalue weighted by Gasteiger charge is -2.21. The molecule has 3 rings (SSSR count). The zero-order chi connectivity index (χ0) is 18.5. The van der Waals surface area contributed by atoms with E-state index in [9.17, 15) is 9.59 Å². The minimum Gasteiger partial charge on any atom is -0.465 e. The Morgan fingerprint density at radius 3 is 2.38 bits per heavy atom. The second-order valence-corrected chi connectivity index (χ2v) is 5.88. The number of aromatic nitrogens is 1. The van der Waals surface area contributed by atoms with Crippen molar-refractivity contribution in [3.05, 3.63) is 89.7 Å². The standard InChI is InChI=1S/C21H20N2O3/c1-22(18-12-7-6-11-17(18)21(25)26-2)20(24)19-13-8-14-23(19)15-16-9-4-3-5-10-16/h3-14H,15H2,1-2H3. The lowest BCUT2D eigenvalue weighted by Crippen LogP contribution is -2.30. The molecule has 0 unspecified atom stereocenters. The van der Waals surface area contributed by atoms with Crippen LogP contribution < -0.4 is 4.90 Å². The highest BCUT2D eigenvalue weighted by Gasteiger charge is 2.21. The van der Waals surface area contributed by atoms with Crippen LogP contribution in [0.3, 0.4) is 0 Å². The number of rotatable bonds is 5. The lowest BCUT2D eigenvalue weighted by molar-refractivity contribution is 0.0601. The maximum absolute atomic E-state index is 13.0. The van der Waals surface area contributed by atoms with Crippen molar-refractivity contribution in [1.82, 2.24) is 4.57 Å². The maximum atomic E-state index is 13.0. The number of amides is 1. The molecule has 1 amide bonds.